The summed E-state index contributed by atoms with van der Waals surface area (Å²) in [7, 11) is 0. The Hall–Kier alpha value is -1.51. The predicted octanol–water partition coefficient (Wildman–Crippen LogP) is 3.94. The first-order valence-corrected chi connectivity index (χ1v) is 9.75. The van der Waals surface area contributed by atoms with Gasteiger partial charge in [0.1, 0.15) is 0 Å². The fourth-order valence-electron chi connectivity index (χ4n) is 3.87. The lowest BCUT2D eigenvalue weighted by Gasteiger charge is -2.33. The molecule has 0 bridgehead atoms. The Bertz CT molecular complexity index is 795. The van der Waals surface area contributed by atoms with Gasteiger partial charge in [-0.2, -0.15) is 13.2 Å². The first kappa shape index (κ1) is 21.2. The van der Waals surface area contributed by atoms with Crippen LogP contribution in [0.1, 0.15) is 31.7 Å². The molecule has 2 aliphatic rings. The molecule has 2 aliphatic heterocycles. The molecule has 10 heteroatoms. The van der Waals surface area contributed by atoms with Crippen LogP contribution in [0.25, 0.3) is 0 Å². The van der Waals surface area contributed by atoms with E-state index in [1.807, 2.05) is 12.2 Å². The van der Waals surface area contributed by atoms with Crippen LogP contribution in [0.5, 0.6) is 0 Å². The van der Waals surface area contributed by atoms with E-state index in [1.54, 1.807) is 0 Å². The van der Waals surface area contributed by atoms with Gasteiger partial charge in [-0.05, 0) is 50.5 Å². The van der Waals surface area contributed by atoms with Crippen LogP contribution in [0.3, 0.4) is 0 Å². The van der Waals surface area contributed by atoms with Gasteiger partial charge in [0.15, 0.2) is 0 Å². The Balaban J connectivity index is 1.87. The summed E-state index contributed by atoms with van der Waals surface area (Å²) >= 11 is 11.8. The summed E-state index contributed by atoms with van der Waals surface area (Å²) in [4.78, 5) is 27.2. The minimum atomic E-state index is -5.08. The van der Waals surface area contributed by atoms with E-state index < -0.39 is 29.1 Å². The number of carbonyl (C=O) groups is 2. The van der Waals surface area contributed by atoms with Gasteiger partial charge in [0.05, 0.1) is 10.7 Å². The summed E-state index contributed by atoms with van der Waals surface area (Å²) in [6, 6.07) is 2.30. The highest BCUT2D eigenvalue weighted by molar-refractivity contribution is 6.37. The molecule has 1 aromatic rings. The van der Waals surface area contributed by atoms with E-state index >= 15 is 0 Å². The second kappa shape index (κ2) is 7.72. The topological polar surface area (TPSA) is 61.4 Å². The Morgan fingerprint density at radius 1 is 1.32 bits per heavy atom. The van der Waals surface area contributed by atoms with Crippen LogP contribution < -0.4 is 10.6 Å². The van der Waals surface area contributed by atoms with Crippen molar-refractivity contribution in [3.05, 3.63) is 27.7 Å². The van der Waals surface area contributed by atoms with Crippen molar-refractivity contribution in [1.29, 1.82) is 0 Å². The Labute approximate surface area is 170 Å². The molecule has 3 rings (SSSR count). The van der Waals surface area contributed by atoms with E-state index in [0.29, 0.717) is 0 Å². The molecule has 5 nitrogen and oxygen atoms in total. The second-order valence-electron chi connectivity index (χ2n) is 7.14. The zero-order valence-electron chi connectivity index (χ0n) is 15.1. The minimum absolute atomic E-state index is 0.0299. The van der Waals surface area contributed by atoms with Crippen LogP contribution in [-0.2, 0) is 15.1 Å². The number of halogens is 5. The van der Waals surface area contributed by atoms with Crippen LogP contribution in [0.15, 0.2) is 12.1 Å². The standard InChI is InChI=1S/C18H20Cl2F3N3O2/c1-2-26-5-3-10(4-6-26)7-14(27)25-17(18(21,22)23)15-12(20)8-11(19)9-13(15)24-16(17)28/h8-10H,2-7H2,1H3,(H,24,28)(H,25,27). The third kappa shape index (κ3) is 3.69. The number of rotatable bonds is 4. The molecule has 1 fully saturated rings. The largest absolute Gasteiger partial charge is 0.425 e. The van der Waals surface area contributed by atoms with Crippen molar-refractivity contribution in [1.82, 2.24) is 10.2 Å². The lowest BCUT2D eigenvalue weighted by Crippen LogP contribution is -2.60. The molecule has 2 N–H and O–H groups in total. The van der Waals surface area contributed by atoms with Gasteiger partial charge in [-0.1, -0.05) is 30.1 Å². The maximum absolute atomic E-state index is 14.1. The van der Waals surface area contributed by atoms with Gasteiger partial charge in [-0.3, -0.25) is 9.59 Å². The molecule has 0 radical (unpaired) electrons. The van der Waals surface area contributed by atoms with Crippen molar-refractivity contribution in [2.24, 2.45) is 5.92 Å². The number of likely N-dealkylation sites (tertiary alicyclic amines) is 1. The normalized spacial score (nSPS) is 23.4. The number of nitrogens with zero attached hydrogens (tertiary/aromatic N) is 1. The first-order valence-electron chi connectivity index (χ1n) is 8.99. The van der Waals surface area contributed by atoms with Crippen LogP contribution in [-0.4, -0.2) is 42.5 Å². The number of amides is 2. The zero-order chi connectivity index (χ0) is 20.7. The van der Waals surface area contributed by atoms with Crippen LogP contribution >= 0.6 is 23.2 Å². The number of fused-ring (bicyclic) bond motifs is 1. The number of benzene rings is 1. The summed E-state index contributed by atoms with van der Waals surface area (Å²) in [5.41, 5.74) is -3.91. The highest BCUT2D eigenvalue weighted by atomic mass is 35.5. The van der Waals surface area contributed by atoms with Crippen molar-refractivity contribution < 1.29 is 22.8 Å². The summed E-state index contributed by atoms with van der Waals surface area (Å²) in [5, 5.41) is 3.85. The maximum atomic E-state index is 14.1. The Morgan fingerprint density at radius 3 is 2.54 bits per heavy atom. The van der Waals surface area contributed by atoms with Crippen molar-refractivity contribution in [2.75, 3.05) is 25.0 Å². The van der Waals surface area contributed by atoms with Crippen LogP contribution in [0.2, 0.25) is 10.0 Å². The van der Waals surface area contributed by atoms with Gasteiger partial charge >= 0.3 is 6.18 Å². The number of carbonyl (C=O) groups excluding carboxylic acids is 2. The monoisotopic (exact) mass is 437 g/mol. The number of hydrogen-bond donors (Lipinski definition) is 2. The lowest BCUT2D eigenvalue weighted by atomic mass is 9.88. The predicted molar refractivity (Wildman–Crippen MR) is 100 cm³/mol. The smallest absolute Gasteiger partial charge is 0.331 e. The number of nitrogens with one attached hydrogen (secondary N) is 2. The molecule has 28 heavy (non-hydrogen) atoms. The fourth-order valence-corrected chi connectivity index (χ4v) is 4.51. The van der Waals surface area contributed by atoms with Gasteiger partial charge in [-0.15, -0.1) is 0 Å². The molecule has 1 unspecified atom stereocenters. The molecule has 1 atom stereocenters. The van der Waals surface area contributed by atoms with E-state index in [4.69, 9.17) is 23.2 Å². The second-order valence-corrected chi connectivity index (χ2v) is 7.99. The molecule has 1 aromatic carbocycles. The maximum Gasteiger partial charge on any atom is 0.425 e. The van der Waals surface area contributed by atoms with Crippen molar-refractivity contribution in [3.63, 3.8) is 0 Å². The molecule has 0 aromatic heterocycles. The SMILES string of the molecule is CCN1CCC(CC(=O)NC2(C(F)(F)F)C(=O)Nc3cc(Cl)cc(Cl)c32)CC1. The lowest BCUT2D eigenvalue weighted by molar-refractivity contribution is -0.200. The third-order valence-electron chi connectivity index (χ3n) is 5.40. The third-order valence-corrected chi connectivity index (χ3v) is 5.92. The van der Waals surface area contributed by atoms with Crippen molar-refractivity contribution in [2.45, 2.75) is 37.9 Å². The molecular weight excluding hydrogens is 418 g/mol. The quantitative estimate of drug-likeness (QED) is 0.749. The average molecular weight is 438 g/mol. The molecule has 0 saturated carbocycles. The van der Waals surface area contributed by atoms with Gasteiger partial charge in [0.2, 0.25) is 11.4 Å². The molecule has 154 valence electrons. The molecule has 0 spiro atoms. The summed E-state index contributed by atoms with van der Waals surface area (Å²) in [6.07, 6.45) is -3.72. The number of alkyl halides is 3. The van der Waals surface area contributed by atoms with E-state index in [0.717, 1.165) is 38.5 Å². The van der Waals surface area contributed by atoms with Gasteiger partial charge in [-0.25, -0.2) is 0 Å². The van der Waals surface area contributed by atoms with E-state index in [2.05, 4.69) is 10.2 Å². The number of anilines is 1. The fraction of sp³-hybridized carbons (Fsp3) is 0.556. The summed E-state index contributed by atoms with van der Waals surface area (Å²) in [6.45, 7) is 4.53. The van der Waals surface area contributed by atoms with Gasteiger partial charge < -0.3 is 15.5 Å². The molecule has 1 saturated heterocycles. The summed E-state index contributed by atoms with van der Waals surface area (Å²) in [5.74, 6) is -2.26. The van der Waals surface area contributed by atoms with Crippen molar-refractivity contribution in [3.8, 4) is 0 Å². The zero-order valence-corrected chi connectivity index (χ0v) is 16.6. The number of hydrogen-bond acceptors (Lipinski definition) is 3. The van der Waals surface area contributed by atoms with E-state index in [1.165, 1.54) is 6.07 Å². The van der Waals surface area contributed by atoms with Crippen molar-refractivity contribution >= 4 is 40.7 Å². The molecule has 2 amide bonds. The Kier molecular flexibility index (Phi) is 5.85. The molecule has 2 heterocycles. The first-order chi connectivity index (χ1) is 13.1. The van der Waals surface area contributed by atoms with E-state index in [9.17, 15) is 22.8 Å². The van der Waals surface area contributed by atoms with Gasteiger partial charge in [0.25, 0.3) is 5.91 Å². The highest BCUT2D eigenvalue weighted by Gasteiger charge is 2.67. The van der Waals surface area contributed by atoms with E-state index in [-0.39, 0.29) is 28.1 Å². The minimum Gasteiger partial charge on any atom is -0.331 e. The average Bonchev–Trinajstić information content (AvgIpc) is 2.87. The highest BCUT2D eigenvalue weighted by Crippen LogP contribution is 2.50. The van der Waals surface area contributed by atoms with Gasteiger partial charge in [0, 0.05) is 17.0 Å². The Morgan fingerprint density at radius 2 is 1.96 bits per heavy atom. The van der Waals surface area contributed by atoms with Crippen LogP contribution in [0.4, 0.5) is 18.9 Å². The molecule has 0 aliphatic carbocycles. The van der Waals surface area contributed by atoms with Crippen LogP contribution in [0, 0.1) is 5.92 Å². The molecular formula is C18H20Cl2F3N3O2. The number of piperidine rings is 1. The summed E-state index contributed by atoms with van der Waals surface area (Å²) < 4.78 is 42.3.